The molecule has 3 N–H and O–H groups in total. The van der Waals surface area contributed by atoms with Gasteiger partial charge in [0.15, 0.2) is 0 Å². The lowest BCUT2D eigenvalue weighted by Gasteiger charge is -2.48. The highest BCUT2D eigenvalue weighted by Gasteiger charge is 2.62. The van der Waals surface area contributed by atoms with Gasteiger partial charge >= 0.3 is 6.61 Å². The number of ether oxygens (including phenoxy) is 2. The highest BCUT2D eigenvalue weighted by Crippen LogP contribution is 2.55. The van der Waals surface area contributed by atoms with Crippen LogP contribution in [0.5, 0.6) is 0 Å². The highest BCUT2D eigenvalue weighted by molar-refractivity contribution is 6.21. The number of alkyl halides is 4. The van der Waals surface area contributed by atoms with E-state index in [4.69, 9.17) is 16.3 Å². The van der Waals surface area contributed by atoms with Gasteiger partial charge in [0, 0.05) is 24.0 Å². The molecular formula is C21H31ClF3N3O4. The number of carbonyl (C=O) groups is 2. The van der Waals surface area contributed by atoms with Gasteiger partial charge in [0.25, 0.3) is 0 Å². The summed E-state index contributed by atoms with van der Waals surface area (Å²) in [5, 5.41) is 8.55. The Bertz CT molecular complexity index is 702. The minimum absolute atomic E-state index is 0.0890. The molecule has 182 valence electrons. The first-order valence-corrected chi connectivity index (χ1v) is 11.8. The van der Waals surface area contributed by atoms with Gasteiger partial charge in [-0.05, 0) is 51.4 Å². The van der Waals surface area contributed by atoms with Crippen LogP contribution in [0.15, 0.2) is 0 Å². The number of hydrogen-bond donors (Lipinski definition) is 3. The van der Waals surface area contributed by atoms with Crippen molar-refractivity contribution in [3.8, 4) is 0 Å². The molecule has 0 aromatic rings. The Hall–Kier alpha value is -1.10. The third-order valence-electron chi connectivity index (χ3n) is 7.33. The van der Waals surface area contributed by atoms with E-state index >= 15 is 0 Å². The average Bonchev–Trinajstić information content (AvgIpc) is 3.23. The zero-order valence-electron chi connectivity index (χ0n) is 17.9. The molecule has 32 heavy (non-hydrogen) atoms. The highest BCUT2D eigenvalue weighted by atomic mass is 35.5. The van der Waals surface area contributed by atoms with E-state index in [1.54, 1.807) is 0 Å². The van der Waals surface area contributed by atoms with Crippen LogP contribution in [0.3, 0.4) is 0 Å². The van der Waals surface area contributed by atoms with Crippen LogP contribution in [0.4, 0.5) is 13.2 Å². The summed E-state index contributed by atoms with van der Waals surface area (Å²) in [4.78, 5) is 25.1. The van der Waals surface area contributed by atoms with Crippen molar-refractivity contribution in [3.63, 3.8) is 0 Å². The predicted octanol–water partition coefficient (Wildman–Crippen LogP) is 2.36. The van der Waals surface area contributed by atoms with E-state index in [2.05, 4.69) is 20.7 Å². The van der Waals surface area contributed by atoms with Gasteiger partial charge in [-0.2, -0.15) is 8.78 Å². The molecule has 0 aromatic carbocycles. The van der Waals surface area contributed by atoms with Gasteiger partial charge in [-0.15, -0.1) is 11.6 Å². The third kappa shape index (κ3) is 5.51. The molecule has 1 aliphatic heterocycles. The van der Waals surface area contributed by atoms with Crippen molar-refractivity contribution in [1.82, 2.24) is 16.0 Å². The van der Waals surface area contributed by atoms with Crippen molar-refractivity contribution >= 4 is 23.4 Å². The van der Waals surface area contributed by atoms with E-state index < -0.39 is 24.4 Å². The Morgan fingerprint density at radius 2 is 1.81 bits per heavy atom. The fraction of sp³-hybridized carbons (Fsp3) is 0.905. The molecule has 0 spiro atoms. The third-order valence-corrected chi connectivity index (χ3v) is 7.82. The van der Waals surface area contributed by atoms with Crippen LogP contribution in [0.1, 0.15) is 57.8 Å². The Labute approximate surface area is 190 Å². The smallest absolute Gasteiger partial charge is 0.346 e. The molecule has 7 nitrogen and oxygen atoms in total. The second kappa shape index (κ2) is 9.64. The van der Waals surface area contributed by atoms with E-state index in [0.717, 1.165) is 12.8 Å². The fourth-order valence-electron chi connectivity index (χ4n) is 5.75. The predicted molar refractivity (Wildman–Crippen MR) is 110 cm³/mol. The summed E-state index contributed by atoms with van der Waals surface area (Å²) in [6.07, 6.45) is 3.00. The molecule has 2 bridgehead atoms. The van der Waals surface area contributed by atoms with Crippen molar-refractivity contribution in [2.75, 3.05) is 13.2 Å². The number of nitrogens with one attached hydrogen (secondary N) is 3. The molecule has 5 unspecified atom stereocenters. The van der Waals surface area contributed by atoms with Crippen LogP contribution in [-0.2, 0) is 19.1 Å². The average molecular weight is 482 g/mol. The summed E-state index contributed by atoms with van der Waals surface area (Å²) in [6, 6.07) is 0. The van der Waals surface area contributed by atoms with Crippen molar-refractivity contribution in [2.45, 2.75) is 99.4 Å². The SMILES string of the molecule is O=C(COC1CCC(Cl)C(F)C1)NC12CCC(NC(=O)C3CCC(OC(F)F)NC3)(C1)C2. The number of hydrogen-bond acceptors (Lipinski definition) is 5. The fourth-order valence-corrected chi connectivity index (χ4v) is 5.98. The maximum absolute atomic E-state index is 13.7. The normalized spacial score (nSPS) is 41.2. The van der Waals surface area contributed by atoms with Crippen molar-refractivity contribution in [1.29, 1.82) is 0 Å². The lowest BCUT2D eigenvalue weighted by atomic mass is 9.70. The van der Waals surface area contributed by atoms with Crippen molar-refractivity contribution in [3.05, 3.63) is 0 Å². The molecule has 0 radical (unpaired) electrons. The number of carbonyl (C=O) groups excluding carboxylic acids is 2. The summed E-state index contributed by atoms with van der Waals surface area (Å²) in [5.74, 6) is -0.603. The van der Waals surface area contributed by atoms with Gasteiger partial charge in [-0.1, -0.05) is 0 Å². The van der Waals surface area contributed by atoms with E-state index in [1.807, 2.05) is 0 Å². The number of amides is 2. The molecule has 5 atom stereocenters. The lowest BCUT2D eigenvalue weighted by Crippen LogP contribution is -2.65. The second-order valence-electron chi connectivity index (χ2n) is 9.80. The monoisotopic (exact) mass is 481 g/mol. The van der Waals surface area contributed by atoms with E-state index in [9.17, 15) is 22.8 Å². The number of halogens is 4. The zero-order valence-corrected chi connectivity index (χ0v) is 18.6. The quantitative estimate of drug-likeness (QED) is 0.463. The van der Waals surface area contributed by atoms with Crippen molar-refractivity contribution in [2.24, 2.45) is 5.92 Å². The van der Waals surface area contributed by atoms with Gasteiger partial charge in [0.1, 0.15) is 19.0 Å². The summed E-state index contributed by atoms with van der Waals surface area (Å²) >= 11 is 5.88. The van der Waals surface area contributed by atoms with Crippen LogP contribution in [-0.4, -0.2) is 66.5 Å². The lowest BCUT2D eigenvalue weighted by molar-refractivity contribution is -0.178. The van der Waals surface area contributed by atoms with Crippen LogP contribution in [0.25, 0.3) is 0 Å². The molecule has 5 aliphatic rings. The number of piperidine rings is 1. The molecule has 11 heteroatoms. The molecule has 2 amide bonds. The zero-order chi connectivity index (χ0) is 22.9. The van der Waals surface area contributed by atoms with E-state index in [-0.39, 0.29) is 47.9 Å². The molecular weight excluding hydrogens is 451 g/mol. The molecule has 4 saturated carbocycles. The summed E-state index contributed by atoms with van der Waals surface area (Å²) in [7, 11) is 0. The van der Waals surface area contributed by atoms with Gasteiger partial charge in [-0.25, -0.2) is 4.39 Å². The standard InChI is InChI=1S/C21H31ClF3N3O4/c22-14-3-2-13(7-15(14)23)31-9-16(29)27-20-5-6-21(10-20,11-20)28-18(30)12-1-4-17(26-8-12)32-19(24)25/h12-15,17,19,26H,1-11H2,(H,27,29)(H,28,30). The molecule has 0 aromatic heterocycles. The molecule has 5 fully saturated rings. The van der Waals surface area contributed by atoms with Gasteiger partial charge < -0.3 is 20.1 Å². The molecule has 1 heterocycles. The molecule has 1 saturated heterocycles. The van der Waals surface area contributed by atoms with Crippen LogP contribution in [0.2, 0.25) is 0 Å². The number of rotatable bonds is 8. The Kier molecular flexibility index (Phi) is 7.24. The van der Waals surface area contributed by atoms with Gasteiger partial charge in [-0.3, -0.25) is 14.9 Å². The minimum atomic E-state index is -2.83. The first-order valence-electron chi connectivity index (χ1n) is 11.4. The topological polar surface area (TPSA) is 88.7 Å². The first kappa shape index (κ1) is 24.0. The van der Waals surface area contributed by atoms with Crippen LogP contribution in [0, 0.1) is 5.92 Å². The van der Waals surface area contributed by atoms with Gasteiger partial charge in [0.2, 0.25) is 11.8 Å². The maximum atomic E-state index is 13.7. The maximum Gasteiger partial charge on any atom is 0.346 e. The molecule has 5 rings (SSSR count). The number of fused-ring (bicyclic) bond motifs is 1. The minimum Gasteiger partial charge on any atom is -0.368 e. The van der Waals surface area contributed by atoms with Crippen LogP contribution < -0.4 is 16.0 Å². The van der Waals surface area contributed by atoms with E-state index in [1.165, 1.54) is 0 Å². The Balaban J connectivity index is 1.17. The Morgan fingerprint density at radius 1 is 1.09 bits per heavy atom. The molecule has 4 aliphatic carbocycles. The summed E-state index contributed by atoms with van der Waals surface area (Å²) in [6.45, 7) is -2.65. The summed E-state index contributed by atoms with van der Waals surface area (Å²) < 4.78 is 48.4. The van der Waals surface area contributed by atoms with E-state index in [0.29, 0.717) is 45.1 Å². The second-order valence-corrected chi connectivity index (χ2v) is 10.4. The largest absolute Gasteiger partial charge is 0.368 e. The van der Waals surface area contributed by atoms with Crippen LogP contribution >= 0.6 is 11.6 Å². The Morgan fingerprint density at radius 3 is 2.44 bits per heavy atom. The first-order chi connectivity index (χ1) is 15.2. The van der Waals surface area contributed by atoms with Crippen molar-refractivity contribution < 1.29 is 32.2 Å². The summed E-state index contributed by atoms with van der Waals surface area (Å²) in [5.41, 5.74) is -0.646. The van der Waals surface area contributed by atoms with Gasteiger partial charge in [0.05, 0.1) is 17.4 Å².